The van der Waals surface area contributed by atoms with Crippen molar-refractivity contribution in [2.45, 2.75) is 19.8 Å². The molecule has 0 aliphatic carbocycles. The lowest BCUT2D eigenvalue weighted by Gasteiger charge is -2.06. The van der Waals surface area contributed by atoms with E-state index in [1.165, 1.54) is 0 Å². The summed E-state index contributed by atoms with van der Waals surface area (Å²) in [5.41, 5.74) is 0. The van der Waals surface area contributed by atoms with Crippen LogP contribution in [0.25, 0.3) is 0 Å². The molecule has 0 aromatic heterocycles. The van der Waals surface area contributed by atoms with Crippen molar-refractivity contribution in [1.82, 2.24) is 5.32 Å². The van der Waals surface area contributed by atoms with Crippen LogP contribution >= 0.6 is 0 Å². The molecule has 0 heterocycles. The first kappa shape index (κ1) is 12.5. The summed E-state index contributed by atoms with van der Waals surface area (Å²) in [7, 11) is 0. The van der Waals surface area contributed by atoms with Gasteiger partial charge >= 0.3 is 5.97 Å². The molecule has 0 bridgehead atoms. The fraction of sp³-hybridized carbons (Fsp3) is 0.556. The minimum atomic E-state index is -0.974. The number of amides is 1. The fourth-order valence-electron chi connectivity index (χ4n) is 0.725. The molecule has 0 aliphatic heterocycles. The molecule has 0 radical (unpaired) electrons. The van der Waals surface area contributed by atoms with Crippen LogP contribution < -0.4 is 5.32 Å². The summed E-state index contributed by atoms with van der Waals surface area (Å²) in [5, 5.41) is 10.8. The van der Waals surface area contributed by atoms with Crippen molar-refractivity contribution < 1.29 is 19.4 Å². The minimum absolute atomic E-state index is 0.00239. The van der Waals surface area contributed by atoms with Gasteiger partial charge in [-0.3, -0.25) is 9.59 Å². The standard InChI is InChI=1S/C9H15NO4/c1-7(2)14-6-5-10-8(11)3-4-9(12)13/h1,3-6H2,2H3,(H,10,11)(H,12,13). The number of nitrogens with one attached hydrogen (secondary N) is 1. The highest BCUT2D eigenvalue weighted by Gasteiger charge is 2.03. The van der Waals surface area contributed by atoms with E-state index in [4.69, 9.17) is 9.84 Å². The maximum Gasteiger partial charge on any atom is 0.303 e. The summed E-state index contributed by atoms with van der Waals surface area (Å²) in [5.74, 6) is -0.666. The molecule has 0 spiro atoms. The van der Waals surface area contributed by atoms with E-state index >= 15 is 0 Å². The molecule has 0 unspecified atom stereocenters. The first-order valence-electron chi connectivity index (χ1n) is 4.29. The molecule has 0 saturated carbocycles. The van der Waals surface area contributed by atoms with Crippen LogP contribution in [0.4, 0.5) is 0 Å². The third kappa shape index (κ3) is 8.58. The topological polar surface area (TPSA) is 75.6 Å². The third-order valence-corrected chi connectivity index (χ3v) is 1.34. The van der Waals surface area contributed by atoms with Gasteiger partial charge in [0.05, 0.1) is 18.7 Å². The van der Waals surface area contributed by atoms with Gasteiger partial charge in [0, 0.05) is 6.42 Å². The number of allylic oxidation sites excluding steroid dienone is 1. The normalized spacial score (nSPS) is 9.21. The van der Waals surface area contributed by atoms with Crippen molar-refractivity contribution in [3.8, 4) is 0 Å². The van der Waals surface area contributed by atoms with Gasteiger partial charge in [0.25, 0.3) is 0 Å². The molecule has 0 rings (SSSR count). The molecule has 80 valence electrons. The molecule has 0 atom stereocenters. The van der Waals surface area contributed by atoms with Crippen molar-refractivity contribution in [3.63, 3.8) is 0 Å². The summed E-state index contributed by atoms with van der Waals surface area (Å²) in [6.45, 7) is 5.95. The van der Waals surface area contributed by atoms with E-state index in [2.05, 4.69) is 11.9 Å². The average molecular weight is 201 g/mol. The number of aliphatic carboxylic acids is 1. The molecule has 0 fully saturated rings. The van der Waals surface area contributed by atoms with Crippen molar-refractivity contribution in [1.29, 1.82) is 0 Å². The van der Waals surface area contributed by atoms with E-state index < -0.39 is 5.97 Å². The van der Waals surface area contributed by atoms with Crippen molar-refractivity contribution in [2.24, 2.45) is 0 Å². The number of hydrogen-bond acceptors (Lipinski definition) is 3. The molecule has 0 aliphatic rings. The van der Waals surface area contributed by atoms with Crippen molar-refractivity contribution in [3.05, 3.63) is 12.3 Å². The molecule has 0 aromatic rings. The zero-order valence-electron chi connectivity index (χ0n) is 8.21. The number of rotatable bonds is 7. The predicted octanol–water partition coefficient (Wildman–Crippen LogP) is 0.518. The lowest BCUT2D eigenvalue weighted by molar-refractivity contribution is -0.138. The molecular formula is C9H15NO4. The van der Waals surface area contributed by atoms with Gasteiger partial charge in [-0.2, -0.15) is 0 Å². The first-order chi connectivity index (χ1) is 6.52. The van der Waals surface area contributed by atoms with Gasteiger partial charge in [-0.25, -0.2) is 0 Å². The minimum Gasteiger partial charge on any atom is -0.497 e. The fourth-order valence-corrected chi connectivity index (χ4v) is 0.725. The Morgan fingerprint density at radius 1 is 1.43 bits per heavy atom. The SMILES string of the molecule is C=C(C)OCCNC(=O)CCC(=O)O. The van der Waals surface area contributed by atoms with Gasteiger partial charge < -0.3 is 15.2 Å². The van der Waals surface area contributed by atoms with Gasteiger partial charge in [0.1, 0.15) is 6.61 Å². The first-order valence-corrected chi connectivity index (χ1v) is 4.29. The number of carbonyl (C=O) groups is 2. The van der Waals surface area contributed by atoms with Gasteiger partial charge in [0.2, 0.25) is 5.91 Å². The molecule has 0 saturated heterocycles. The van der Waals surface area contributed by atoms with Crippen LogP contribution in [0, 0.1) is 0 Å². The smallest absolute Gasteiger partial charge is 0.303 e. The Kier molecular flexibility index (Phi) is 6.19. The summed E-state index contributed by atoms with van der Waals surface area (Å²) in [6.07, 6.45) is -0.143. The van der Waals surface area contributed by atoms with Gasteiger partial charge in [0.15, 0.2) is 0 Å². The monoisotopic (exact) mass is 201 g/mol. The van der Waals surface area contributed by atoms with Crippen LogP contribution in [0.5, 0.6) is 0 Å². The summed E-state index contributed by atoms with van der Waals surface area (Å²) in [4.78, 5) is 21.0. The van der Waals surface area contributed by atoms with Crippen LogP contribution in [0.3, 0.4) is 0 Å². The van der Waals surface area contributed by atoms with E-state index in [0.29, 0.717) is 18.9 Å². The predicted molar refractivity (Wildman–Crippen MR) is 50.6 cm³/mol. The second-order valence-corrected chi connectivity index (χ2v) is 2.79. The second kappa shape index (κ2) is 6.94. The zero-order chi connectivity index (χ0) is 11.0. The number of carboxylic acid groups (broad SMARTS) is 1. The number of ether oxygens (including phenoxy) is 1. The molecule has 0 aromatic carbocycles. The molecule has 5 nitrogen and oxygen atoms in total. The maximum absolute atomic E-state index is 10.9. The third-order valence-electron chi connectivity index (χ3n) is 1.34. The average Bonchev–Trinajstić information content (AvgIpc) is 2.08. The van der Waals surface area contributed by atoms with Crippen molar-refractivity contribution >= 4 is 11.9 Å². The number of carboxylic acids is 1. The molecule has 2 N–H and O–H groups in total. The highest BCUT2D eigenvalue weighted by atomic mass is 16.5. The zero-order valence-corrected chi connectivity index (χ0v) is 8.21. The Bertz CT molecular complexity index is 225. The summed E-state index contributed by atoms with van der Waals surface area (Å²) in [6, 6.07) is 0. The van der Waals surface area contributed by atoms with E-state index in [0.717, 1.165) is 0 Å². The Hall–Kier alpha value is -1.52. The van der Waals surface area contributed by atoms with Crippen LogP contribution in [0.15, 0.2) is 12.3 Å². The van der Waals surface area contributed by atoms with Crippen molar-refractivity contribution in [2.75, 3.05) is 13.2 Å². The molecule has 14 heavy (non-hydrogen) atoms. The molecular weight excluding hydrogens is 186 g/mol. The van der Waals surface area contributed by atoms with Crippen LogP contribution in [-0.2, 0) is 14.3 Å². The Morgan fingerprint density at radius 2 is 2.07 bits per heavy atom. The Morgan fingerprint density at radius 3 is 2.57 bits per heavy atom. The highest BCUT2D eigenvalue weighted by molar-refractivity contribution is 5.80. The lowest BCUT2D eigenvalue weighted by atomic mass is 10.3. The lowest BCUT2D eigenvalue weighted by Crippen LogP contribution is -2.27. The van der Waals surface area contributed by atoms with Gasteiger partial charge in [-0.05, 0) is 6.92 Å². The molecule has 1 amide bonds. The van der Waals surface area contributed by atoms with E-state index in [1.807, 2.05) is 0 Å². The Balaban J connectivity index is 3.36. The summed E-state index contributed by atoms with van der Waals surface area (Å²) < 4.78 is 4.99. The van der Waals surface area contributed by atoms with Crippen LogP contribution in [0.2, 0.25) is 0 Å². The van der Waals surface area contributed by atoms with E-state index in [9.17, 15) is 9.59 Å². The van der Waals surface area contributed by atoms with Gasteiger partial charge in [-0.1, -0.05) is 6.58 Å². The summed E-state index contributed by atoms with van der Waals surface area (Å²) >= 11 is 0. The number of hydrogen-bond donors (Lipinski definition) is 2. The maximum atomic E-state index is 10.9. The largest absolute Gasteiger partial charge is 0.497 e. The van der Waals surface area contributed by atoms with E-state index in [-0.39, 0.29) is 18.7 Å². The highest BCUT2D eigenvalue weighted by Crippen LogP contribution is 1.90. The molecule has 5 heteroatoms. The quantitative estimate of drug-likeness (QED) is 0.465. The number of carbonyl (C=O) groups excluding carboxylic acids is 1. The van der Waals surface area contributed by atoms with Crippen LogP contribution in [0.1, 0.15) is 19.8 Å². The Labute approximate surface area is 82.7 Å². The van der Waals surface area contributed by atoms with Gasteiger partial charge in [-0.15, -0.1) is 0 Å². The van der Waals surface area contributed by atoms with Crippen LogP contribution in [-0.4, -0.2) is 30.1 Å². The van der Waals surface area contributed by atoms with E-state index in [1.54, 1.807) is 6.92 Å². The second-order valence-electron chi connectivity index (χ2n) is 2.79.